The lowest BCUT2D eigenvalue weighted by molar-refractivity contribution is 0.126. The van der Waals surface area contributed by atoms with Crippen LogP contribution in [0.2, 0.25) is 0 Å². The Balaban J connectivity index is 1.85. The van der Waals surface area contributed by atoms with Crippen LogP contribution in [0.15, 0.2) is 52.8 Å². The average Bonchev–Trinajstić information content (AvgIpc) is 3.07. The number of aryl methyl sites for hydroxylation is 2. The molecule has 0 radical (unpaired) electrons. The second-order valence-electron chi connectivity index (χ2n) is 6.50. The molecule has 0 fully saturated rings. The van der Waals surface area contributed by atoms with Gasteiger partial charge in [-0.3, -0.25) is 0 Å². The summed E-state index contributed by atoms with van der Waals surface area (Å²) in [5, 5.41) is 8.26. The topological polar surface area (TPSA) is 52.4 Å². The van der Waals surface area contributed by atoms with Crippen molar-refractivity contribution in [1.82, 2.24) is 0 Å². The third kappa shape index (κ3) is 4.04. The minimum atomic E-state index is -0.239. The molecule has 1 heterocycles. The Hall–Kier alpha value is -2.82. The fourth-order valence-electron chi connectivity index (χ4n) is 2.94. The summed E-state index contributed by atoms with van der Waals surface area (Å²) in [5.74, 6) is 0.890. The Morgan fingerprint density at radius 2 is 2.00 bits per heavy atom. The molecule has 26 heavy (non-hydrogen) atoms. The molecule has 1 aliphatic rings. The van der Waals surface area contributed by atoms with Gasteiger partial charge in [0.2, 0.25) is 0 Å². The lowest BCUT2D eigenvalue weighted by Gasteiger charge is -2.16. The van der Waals surface area contributed by atoms with Crippen LogP contribution in [0.5, 0.6) is 5.75 Å². The maximum atomic E-state index is 6.09. The van der Waals surface area contributed by atoms with Crippen LogP contribution in [0, 0.1) is 13.8 Å². The molecule has 0 aromatic heterocycles. The molecule has 5 heteroatoms. The molecule has 1 atom stereocenters. The Morgan fingerprint density at radius 3 is 2.73 bits per heavy atom. The first-order valence-electron chi connectivity index (χ1n) is 8.67. The highest BCUT2D eigenvalue weighted by Gasteiger charge is 2.27. The number of ether oxygens (including phenoxy) is 1. The van der Waals surface area contributed by atoms with Crippen molar-refractivity contribution in [2.75, 3.05) is 7.11 Å². The molecule has 0 saturated carbocycles. The van der Waals surface area contributed by atoms with Crippen LogP contribution < -0.4 is 4.74 Å². The quantitative estimate of drug-likeness (QED) is 0.572. The van der Waals surface area contributed by atoms with Crippen LogP contribution in [-0.2, 0) is 16.3 Å². The molecule has 2 aromatic carbocycles. The van der Waals surface area contributed by atoms with Gasteiger partial charge < -0.3 is 14.4 Å². The van der Waals surface area contributed by atoms with Gasteiger partial charge in [-0.05, 0) is 43.5 Å². The van der Waals surface area contributed by atoms with Crippen molar-refractivity contribution in [1.29, 1.82) is 0 Å². The Bertz CT molecular complexity index is 843. The van der Waals surface area contributed by atoms with Crippen LogP contribution in [0.4, 0.5) is 0 Å². The van der Waals surface area contributed by atoms with Crippen molar-refractivity contribution in [2.24, 2.45) is 10.3 Å². The van der Waals surface area contributed by atoms with Crippen molar-refractivity contribution in [3.8, 4) is 5.75 Å². The minimum Gasteiger partial charge on any atom is -0.489 e. The second kappa shape index (κ2) is 8.04. The number of rotatable bonds is 6. The zero-order chi connectivity index (χ0) is 18.5. The predicted molar refractivity (Wildman–Crippen MR) is 103 cm³/mol. The van der Waals surface area contributed by atoms with E-state index >= 15 is 0 Å². The molecule has 0 bridgehead atoms. The zero-order valence-electron chi connectivity index (χ0n) is 15.7. The smallest absolute Gasteiger partial charge is 0.178 e. The van der Waals surface area contributed by atoms with Crippen LogP contribution in [0.3, 0.4) is 0 Å². The third-order valence-corrected chi connectivity index (χ3v) is 4.33. The van der Waals surface area contributed by atoms with E-state index in [4.69, 9.17) is 14.4 Å². The standard InChI is InChI=1S/C21H24N2O3/c1-14-9-10-15(2)19(11-14)25-13-17-7-5-6-8-18(17)21(23-24-4)20-12-16(3)22-26-20/h5-11,20H,12-13H2,1-4H3/b23-21+. The van der Waals surface area contributed by atoms with E-state index in [1.807, 2.05) is 38.1 Å². The van der Waals surface area contributed by atoms with E-state index in [-0.39, 0.29) is 6.10 Å². The van der Waals surface area contributed by atoms with Crippen molar-refractivity contribution >= 4 is 11.4 Å². The maximum Gasteiger partial charge on any atom is 0.178 e. The fourth-order valence-corrected chi connectivity index (χ4v) is 2.94. The number of hydrogen-bond donors (Lipinski definition) is 0. The number of benzene rings is 2. The zero-order valence-corrected chi connectivity index (χ0v) is 15.7. The summed E-state index contributed by atoms with van der Waals surface area (Å²) < 4.78 is 6.09. The van der Waals surface area contributed by atoms with Gasteiger partial charge in [0.15, 0.2) is 6.10 Å². The first kappa shape index (κ1) is 18.0. The molecule has 3 rings (SSSR count). The Labute approximate surface area is 154 Å². The summed E-state index contributed by atoms with van der Waals surface area (Å²) >= 11 is 0. The summed E-state index contributed by atoms with van der Waals surface area (Å²) in [5.41, 5.74) is 5.94. The van der Waals surface area contributed by atoms with E-state index in [0.29, 0.717) is 13.0 Å². The molecular weight excluding hydrogens is 328 g/mol. The van der Waals surface area contributed by atoms with Crippen molar-refractivity contribution in [2.45, 2.75) is 39.9 Å². The molecule has 136 valence electrons. The second-order valence-corrected chi connectivity index (χ2v) is 6.50. The van der Waals surface area contributed by atoms with Crippen LogP contribution in [-0.4, -0.2) is 24.6 Å². The molecule has 0 amide bonds. The lowest BCUT2D eigenvalue weighted by Crippen LogP contribution is -2.24. The van der Waals surface area contributed by atoms with Gasteiger partial charge in [-0.2, -0.15) is 0 Å². The molecule has 0 spiro atoms. The summed E-state index contributed by atoms with van der Waals surface area (Å²) in [6.45, 7) is 6.49. The maximum absolute atomic E-state index is 6.09. The van der Waals surface area contributed by atoms with Gasteiger partial charge in [0.05, 0.1) is 5.71 Å². The summed E-state index contributed by atoms with van der Waals surface area (Å²) in [6.07, 6.45) is 0.464. The van der Waals surface area contributed by atoms with E-state index in [1.54, 1.807) is 0 Å². The molecule has 0 N–H and O–H groups in total. The SMILES string of the molecule is CO/N=C(\c1ccccc1COc1cc(C)ccc1C)C1CC(C)=NO1. The lowest BCUT2D eigenvalue weighted by atomic mass is 9.97. The predicted octanol–water partition coefficient (Wildman–Crippen LogP) is 4.40. The highest BCUT2D eigenvalue weighted by molar-refractivity contribution is 6.07. The normalized spacial score (nSPS) is 16.8. The first-order valence-corrected chi connectivity index (χ1v) is 8.67. The van der Waals surface area contributed by atoms with Crippen LogP contribution in [0.1, 0.15) is 35.6 Å². The number of hydrogen-bond acceptors (Lipinski definition) is 5. The molecular formula is C21H24N2O3. The van der Waals surface area contributed by atoms with E-state index in [9.17, 15) is 0 Å². The molecule has 5 nitrogen and oxygen atoms in total. The van der Waals surface area contributed by atoms with Gasteiger partial charge in [0, 0.05) is 12.0 Å². The van der Waals surface area contributed by atoms with Crippen molar-refractivity contribution in [3.63, 3.8) is 0 Å². The van der Waals surface area contributed by atoms with E-state index in [0.717, 1.165) is 33.9 Å². The summed E-state index contributed by atoms with van der Waals surface area (Å²) in [6, 6.07) is 14.2. The highest BCUT2D eigenvalue weighted by atomic mass is 16.7. The fraction of sp³-hybridized carbons (Fsp3) is 0.333. The van der Waals surface area contributed by atoms with Gasteiger partial charge in [0.1, 0.15) is 25.2 Å². The minimum absolute atomic E-state index is 0.239. The molecule has 0 aliphatic carbocycles. The monoisotopic (exact) mass is 352 g/mol. The van der Waals surface area contributed by atoms with E-state index < -0.39 is 0 Å². The van der Waals surface area contributed by atoms with Gasteiger partial charge in [-0.25, -0.2) is 0 Å². The molecule has 1 unspecified atom stereocenters. The van der Waals surface area contributed by atoms with Gasteiger partial charge in [-0.15, -0.1) is 0 Å². The summed E-state index contributed by atoms with van der Waals surface area (Å²) in [4.78, 5) is 10.6. The molecule has 1 aliphatic heterocycles. The van der Waals surface area contributed by atoms with Crippen LogP contribution in [0.25, 0.3) is 0 Å². The van der Waals surface area contributed by atoms with Gasteiger partial charge in [-0.1, -0.05) is 46.7 Å². The van der Waals surface area contributed by atoms with E-state index in [2.05, 4.69) is 35.4 Å². The third-order valence-electron chi connectivity index (χ3n) is 4.33. The Kier molecular flexibility index (Phi) is 5.56. The Morgan fingerprint density at radius 1 is 1.19 bits per heavy atom. The van der Waals surface area contributed by atoms with E-state index in [1.165, 1.54) is 12.7 Å². The molecule has 0 saturated heterocycles. The first-order chi connectivity index (χ1) is 12.6. The largest absolute Gasteiger partial charge is 0.489 e. The average molecular weight is 352 g/mol. The van der Waals surface area contributed by atoms with Gasteiger partial charge in [0.25, 0.3) is 0 Å². The van der Waals surface area contributed by atoms with Crippen LogP contribution >= 0.6 is 0 Å². The van der Waals surface area contributed by atoms with Crippen molar-refractivity contribution < 1.29 is 14.4 Å². The molecule has 2 aromatic rings. The van der Waals surface area contributed by atoms with Gasteiger partial charge >= 0.3 is 0 Å². The number of oxime groups is 2. The highest BCUT2D eigenvalue weighted by Crippen LogP contribution is 2.24. The summed E-state index contributed by atoms with van der Waals surface area (Å²) in [7, 11) is 1.54. The number of nitrogens with zero attached hydrogens (tertiary/aromatic N) is 2. The van der Waals surface area contributed by atoms with Crippen molar-refractivity contribution in [3.05, 3.63) is 64.7 Å².